The number of benzene rings is 1. The van der Waals surface area contributed by atoms with Crippen LogP contribution < -0.4 is 5.32 Å². The van der Waals surface area contributed by atoms with Crippen LogP contribution in [-0.2, 0) is 16.0 Å². The molecule has 1 atom stereocenters. The van der Waals surface area contributed by atoms with E-state index in [1.54, 1.807) is 7.05 Å². The van der Waals surface area contributed by atoms with E-state index >= 15 is 0 Å². The molecule has 0 aliphatic carbocycles. The standard InChI is InChI=1S/C18H26ClN3O2.HI/c1-3-24-17(23)15-8-6-12-22(13-15)18(20-2)21-11-10-14-7-4-5-9-16(14)19;/h4-5,7,9,15H,3,6,8,10-13H2,1-2H3,(H,20,21);1H. The summed E-state index contributed by atoms with van der Waals surface area (Å²) >= 11 is 6.19. The normalized spacial score (nSPS) is 17.6. The molecule has 25 heavy (non-hydrogen) atoms. The zero-order valence-corrected chi connectivity index (χ0v) is 17.9. The largest absolute Gasteiger partial charge is 0.466 e. The predicted molar refractivity (Wildman–Crippen MR) is 113 cm³/mol. The fourth-order valence-electron chi connectivity index (χ4n) is 2.96. The molecule has 1 aliphatic heterocycles. The number of rotatable bonds is 5. The van der Waals surface area contributed by atoms with E-state index in [0.717, 1.165) is 48.9 Å². The van der Waals surface area contributed by atoms with Gasteiger partial charge in [0.15, 0.2) is 5.96 Å². The topological polar surface area (TPSA) is 53.9 Å². The van der Waals surface area contributed by atoms with Gasteiger partial charge in [0.25, 0.3) is 0 Å². The van der Waals surface area contributed by atoms with Crippen LogP contribution in [0.2, 0.25) is 5.02 Å². The summed E-state index contributed by atoms with van der Waals surface area (Å²) in [5, 5.41) is 4.16. The number of piperidine rings is 1. The fraction of sp³-hybridized carbons (Fsp3) is 0.556. The summed E-state index contributed by atoms with van der Waals surface area (Å²) in [7, 11) is 1.77. The predicted octanol–water partition coefficient (Wildman–Crippen LogP) is 3.35. The minimum atomic E-state index is -0.103. The Balaban J connectivity index is 0.00000312. The minimum Gasteiger partial charge on any atom is -0.466 e. The van der Waals surface area contributed by atoms with Crippen LogP contribution in [0, 0.1) is 5.92 Å². The van der Waals surface area contributed by atoms with Crippen molar-refractivity contribution in [2.24, 2.45) is 10.9 Å². The van der Waals surface area contributed by atoms with E-state index in [1.165, 1.54) is 0 Å². The van der Waals surface area contributed by atoms with Crippen molar-refractivity contribution in [3.63, 3.8) is 0 Å². The molecule has 5 nitrogen and oxygen atoms in total. The molecule has 1 aliphatic rings. The van der Waals surface area contributed by atoms with Gasteiger partial charge < -0.3 is 15.0 Å². The Hall–Kier alpha value is -1.02. The second-order valence-electron chi connectivity index (χ2n) is 5.85. The molecule has 1 aromatic carbocycles. The van der Waals surface area contributed by atoms with Crippen molar-refractivity contribution < 1.29 is 9.53 Å². The molecule has 0 bridgehead atoms. The quantitative estimate of drug-likeness (QED) is 0.305. The van der Waals surface area contributed by atoms with Crippen LogP contribution in [0.1, 0.15) is 25.3 Å². The minimum absolute atomic E-state index is 0. The first kappa shape index (κ1) is 22.0. The summed E-state index contributed by atoms with van der Waals surface area (Å²) in [5.74, 6) is 0.658. The highest BCUT2D eigenvalue weighted by Crippen LogP contribution is 2.18. The average molecular weight is 480 g/mol. The van der Waals surface area contributed by atoms with Gasteiger partial charge in [-0.3, -0.25) is 9.79 Å². The Morgan fingerprint density at radius 2 is 2.20 bits per heavy atom. The van der Waals surface area contributed by atoms with E-state index in [0.29, 0.717) is 13.2 Å². The number of nitrogens with zero attached hydrogens (tertiary/aromatic N) is 2. The second-order valence-corrected chi connectivity index (χ2v) is 6.26. The maximum absolute atomic E-state index is 12.0. The van der Waals surface area contributed by atoms with Gasteiger partial charge >= 0.3 is 5.97 Å². The Bertz CT molecular complexity index is 583. The lowest BCUT2D eigenvalue weighted by Gasteiger charge is -2.34. The average Bonchev–Trinajstić information content (AvgIpc) is 2.60. The highest BCUT2D eigenvalue weighted by Gasteiger charge is 2.28. The molecule has 7 heteroatoms. The maximum atomic E-state index is 12.0. The van der Waals surface area contributed by atoms with Crippen LogP contribution in [0.4, 0.5) is 0 Å². The molecule has 1 unspecified atom stereocenters. The summed E-state index contributed by atoms with van der Waals surface area (Å²) in [5.41, 5.74) is 1.12. The number of ether oxygens (including phenoxy) is 1. The molecular formula is C18H27ClIN3O2. The van der Waals surface area contributed by atoms with Gasteiger partial charge in [-0.15, -0.1) is 24.0 Å². The zero-order chi connectivity index (χ0) is 17.4. The van der Waals surface area contributed by atoms with Crippen molar-refractivity contribution in [3.8, 4) is 0 Å². The van der Waals surface area contributed by atoms with E-state index in [1.807, 2.05) is 31.2 Å². The molecule has 1 N–H and O–H groups in total. The number of likely N-dealkylation sites (tertiary alicyclic amines) is 1. The van der Waals surface area contributed by atoms with E-state index in [2.05, 4.69) is 15.2 Å². The summed E-state index contributed by atoms with van der Waals surface area (Å²) in [4.78, 5) is 18.5. The molecule has 0 radical (unpaired) electrons. The van der Waals surface area contributed by atoms with E-state index in [9.17, 15) is 4.79 Å². The van der Waals surface area contributed by atoms with Gasteiger partial charge in [-0.25, -0.2) is 0 Å². The van der Waals surface area contributed by atoms with Gasteiger partial charge in [0, 0.05) is 31.7 Å². The SMILES string of the molecule is CCOC(=O)C1CCCN(C(=NC)NCCc2ccccc2Cl)C1.I. The molecule has 1 aromatic rings. The molecule has 2 rings (SSSR count). The molecule has 0 spiro atoms. The number of nitrogens with one attached hydrogen (secondary N) is 1. The van der Waals surface area contributed by atoms with Crippen LogP contribution in [-0.4, -0.2) is 50.1 Å². The Morgan fingerprint density at radius 3 is 2.88 bits per heavy atom. The van der Waals surface area contributed by atoms with E-state index in [-0.39, 0.29) is 35.9 Å². The summed E-state index contributed by atoms with van der Waals surface area (Å²) in [6.07, 6.45) is 2.68. The number of aliphatic imine (C=N–C) groups is 1. The molecule has 1 fully saturated rings. The van der Waals surface area contributed by atoms with Crippen LogP contribution in [0.5, 0.6) is 0 Å². The van der Waals surface area contributed by atoms with Crippen molar-refractivity contribution in [3.05, 3.63) is 34.9 Å². The second kappa shape index (κ2) is 11.6. The Labute approximate surface area is 172 Å². The third-order valence-electron chi connectivity index (χ3n) is 4.19. The zero-order valence-electron chi connectivity index (χ0n) is 14.8. The number of hydrogen-bond donors (Lipinski definition) is 1. The summed E-state index contributed by atoms with van der Waals surface area (Å²) in [6.45, 7) is 4.58. The summed E-state index contributed by atoms with van der Waals surface area (Å²) in [6, 6.07) is 7.86. The molecule has 0 amide bonds. The number of carbonyl (C=O) groups is 1. The van der Waals surface area contributed by atoms with Crippen LogP contribution >= 0.6 is 35.6 Å². The first-order chi connectivity index (χ1) is 11.7. The number of esters is 1. The van der Waals surface area contributed by atoms with Gasteiger partial charge in [0.1, 0.15) is 0 Å². The number of guanidine groups is 1. The molecular weight excluding hydrogens is 453 g/mol. The van der Waals surface area contributed by atoms with Gasteiger partial charge in [-0.05, 0) is 37.8 Å². The lowest BCUT2D eigenvalue weighted by atomic mass is 9.98. The van der Waals surface area contributed by atoms with Crippen LogP contribution in [0.15, 0.2) is 29.3 Å². The van der Waals surface area contributed by atoms with Crippen LogP contribution in [0.3, 0.4) is 0 Å². The van der Waals surface area contributed by atoms with Crippen molar-refractivity contribution in [2.45, 2.75) is 26.2 Å². The van der Waals surface area contributed by atoms with Crippen molar-refractivity contribution in [2.75, 3.05) is 33.3 Å². The molecule has 140 valence electrons. The molecule has 1 saturated heterocycles. The van der Waals surface area contributed by atoms with Gasteiger partial charge in [0.2, 0.25) is 0 Å². The molecule has 0 aromatic heterocycles. The van der Waals surface area contributed by atoms with Gasteiger partial charge in [0.05, 0.1) is 12.5 Å². The first-order valence-electron chi connectivity index (χ1n) is 8.51. The first-order valence-corrected chi connectivity index (χ1v) is 8.89. The summed E-state index contributed by atoms with van der Waals surface area (Å²) < 4.78 is 5.15. The van der Waals surface area contributed by atoms with Crippen molar-refractivity contribution in [1.82, 2.24) is 10.2 Å². The van der Waals surface area contributed by atoms with Crippen LogP contribution in [0.25, 0.3) is 0 Å². The Kier molecular flexibility index (Phi) is 10.2. The van der Waals surface area contributed by atoms with E-state index < -0.39 is 0 Å². The molecule has 0 saturated carbocycles. The number of carbonyl (C=O) groups excluding carboxylic acids is 1. The van der Waals surface area contributed by atoms with Gasteiger partial charge in [-0.2, -0.15) is 0 Å². The third kappa shape index (κ3) is 6.66. The monoisotopic (exact) mass is 479 g/mol. The third-order valence-corrected chi connectivity index (χ3v) is 4.56. The smallest absolute Gasteiger partial charge is 0.310 e. The highest BCUT2D eigenvalue weighted by molar-refractivity contribution is 14.0. The number of hydrogen-bond acceptors (Lipinski definition) is 3. The van der Waals surface area contributed by atoms with E-state index in [4.69, 9.17) is 16.3 Å². The number of halogens is 2. The highest BCUT2D eigenvalue weighted by atomic mass is 127. The Morgan fingerprint density at radius 1 is 1.44 bits per heavy atom. The fourth-order valence-corrected chi connectivity index (χ4v) is 3.19. The van der Waals surface area contributed by atoms with Crippen molar-refractivity contribution in [1.29, 1.82) is 0 Å². The van der Waals surface area contributed by atoms with Crippen molar-refractivity contribution >= 4 is 47.5 Å². The molecule has 1 heterocycles. The lowest BCUT2D eigenvalue weighted by Crippen LogP contribution is -2.48. The van der Waals surface area contributed by atoms with Gasteiger partial charge in [-0.1, -0.05) is 29.8 Å². The lowest BCUT2D eigenvalue weighted by molar-refractivity contribution is -0.149. The maximum Gasteiger partial charge on any atom is 0.310 e.